The summed E-state index contributed by atoms with van der Waals surface area (Å²) >= 11 is 0. The molecule has 0 atom stereocenters. The quantitative estimate of drug-likeness (QED) is 0.396. The first-order valence-electron chi connectivity index (χ1n) is 4.42. The molecule has 0 radical (unpaired) electrons. The molecule has 0 bridgehead atoms. The maximum Gasteiger partial charge on any atom is 0.129 e. The summed E-state index contributed by atoms with van der Waals surface area (Å²) in [6.45, 7) is 6.91. The van der Waals surface area contributed by atoms with Crippen LogP contribution >= 0.6 is 0 Å². The molecular formula is C10H16N4O. The van der Waals surface area contributed by atoms with E-state index in [0.29, 0.717) is 11.4 Å². The minimum absolute atomic E-state index is 0.290. The molecule has 5 nitrogen and oxygen atoms in total. The van der Waals surface area contributed by atoms with E-state index in [1.165, 1.54) is 18.6 Å². The van der Waals surface area contributed by atoms with Crippen LogP contribution in [0.5, 0.6) is 0 Å². The number of hydrogen-bond donors (Lipinski definition) is 2. The minimum atomic E-state index is 0.290. The fourth-order valence-electron chi connectivity index (χ4n) is 0.832. The van der Waals surface area contributed by atoms with Crippen LogP contribution in [0.1, 0.15) is 13.8 Å². The van der Waals surface area contributed by atoms with Crippen molar-refractivity contribution in [2.75, 3.05) is 7.05 Å². The fourth-order valence-corrected chi connectivity index (χ4v) is 0.832. The molecule has 0 amide bonds. The number of hydrogen-bond acceptors (Lipinski definition) is 5. The van der Waals surface area contributed by atoms with Gasteiger partial charge in [-0.25, -0.2) is 4.99 Å². The Balaban J connectivity index is 4.51. The van der Waals surface area contributed by atoms with Gasteiger partial charge < -0.3 is 15.6 Å². The van der Waals surface area contributed by atoms with Crippen molar-refractivity contribution in [2.45, 2.75) is 13.8 Å². The number of nitrogens with one attached hydrogen (secondary N) is 2. The lowest BCUT2D eigenvalue weighted by atomic mass is 10.2. The van der Waals surface area contributed by atoms with Gasteiger partial charge in [0, 0.05) is 24.9 Å². The van der Waals surface area contributed by atoms with E-state index in [1.54, 1.807) is 20.9 Å². The van der Waals surface area contributed by atoms with Gasteiger partial charge in [-0.05, 0) is 20.6 Å². The summed E-state index contributed by atoms with van der Waals surface area (Å²) in [6, 6.07) is 0. The van der Waals surface area contributed by atoms with Gasteiger partial charge in [0.25, 0.3) is 0 Å². The average molecular weight is 208 g/mol. The fraction of sp³-hybridized carbons (Fsp3) is 0.300. The number of aliphatic imine (C=N–C) groups is 1. The van der Waals surface area contributed by atoms with E-state index in [4.69, 9.17) is 10.2 Å². The zero-order valence-electron chi connectivity index (χ0n) is 9.24. The van der Waals surface area contributed by atoms with Gasteiger partial charge in [-0.2, -0.15) is 0 Å². The summed E-state index contributed by atoms with van der Waals surface area (Å²) in [5.41, 5.74) is 0.978. The average Bonchev–Trinajstić information content (AvgIpc) is 2.25. The van der Waals surface area contributed by atoms with Crippen molar-refractivity contribution in [3.05, 3.63) is 23.7 Å². The summed E-state index contributed by atoms with van der Waals surface area (Å²) in [4.78, 5) is 8.45. The van der Waals surface area contributed by atoms with Crippen LogP contribution in [0.4, 0.5) is 0 Å². The van der Waals surface area contributed by atoms with Crippen LogP contribution in [0.2, 0.25) is 0 Å². The van der Waals surface area contributed by atoms with Crippen molar-refractivity contribution in [2.24, 2.45) is 10.1 Å². The summed E-state index contributed by atoms with van der Waals surface area (Å²) in [5.74, 6) is 0.573. The molecule has 0 aliphatic carbocycles. The largest absolute Gasteiger partial charge is 0.373 e. The second-order valence-electron chi connectivity index (χ2n) is 2.57. The Morgan fingerprint density at radius 2 is 2.20 bits per heavy atom. The summed E-state index contributed by atoms with van der Waals surface area (Å²) < 4.78 is 0. The molecule has 2 N–H and O–H groups in total. The van der Waals surface area contributed by atoms with Crippen LogP contribution in [-0.2, 0) is 4.84 Å². The molecule has 0 spiro atoms. The molecule has 15 heavy (non-hydrogen) atoms. The summed E-state index contributed by atoms with van der Waals surface area (Å²) in [5, 5.41) is 14.0. The van der Waals surface area contributed by atoms with Crippen molar-refractivity contribution >= 4 is 18.6 Å². The molecule has 5 heteroatoms. The van der Waals surface area contributed by atoms with E-state index in [-0.39, 0.29) is 5.71 Å². The first kappa shape index (κ1) is 13.1. The van der Waals surface area contributed by atoms with E-state index in [1.807, 2.05) is 0 Å². The van der Waals surface area contributed by atoms with E-state index in [9.17, 15) is 0 Å². The Morgan fingerprint density at radius 1 is 1.53 bits per heavy atom. The molecule has 0 heterocycles. The van der Waals surface area contributed by atoms with Crippen molar-refractivity contribution in [1.29, 1.82) is 5.41 Å². The highest BCUT2D eigenvalue weighted by Gasteiger charge is 2.01. The van der Waals surface area contributed by atoms with Crippen LogP contribution < -0.4 is 5.32 Å². The Bertz CT molecular complexity index is 315. The molecule has 0 fully saturated rings. The highest BCUT2D eigenvalue weighted by Crippen LogP contribution is 2.04. The van der Waals surface area contributed by atoms with Gasteiger partial charge in [0.15, 0.2) is 0 Å². The van der Waals surface area contributed by atoms with Gasteiger partial charge in [0.2, 0.25) is 0 Å². The predicted molar refractivity (Wildman–Crippen MR) is 63.4 cm³/mol. The maximum atomic E-state index is 7.66. The molecule has 0 saturated carbocycles. The normalized spacial score (nSPS) is 12.7. The number of nitrogens with zero attached hydrogens (tertiary/aromatic N) is 2. The Kier molecular flexibility index (Phi) is 6.54. The molecule has 0 aromatic heterocycles. The standard InChI is InChI=1S/C10H16N4O/c1-5-14-15-7-6-9(11)8(2)10(12-3)13-4/h5-7,11,13H,3H2,1-2,4H3/b7-6+,10-8+,11-9?,14-5+. The molecule has 0 aliphatic heterocycles. The first-order chi connectivity index (χ1) is 7.17. The molecule has 0 rings (SSSR count). The lowest BCUT2D eigenvalue weighted by molar-refractivity contribution is 0.270. The molecule has 0 unspecified atom stereocenters. The van der Waals surface area contributed by atoms with E-state index < -0.39 is 0 Å². The SMILES string of the molecule is C=N/C(NC)=C(/C)C(=N)/C=C/O/N=C/C. The van der Waals surface area contributed by atoms with Gasteiger partial charge in [-0.1, -0.05) is 5.16 Å². The Hall–Kier alpha value is -1.91. The molecular weight excluding hydrogens is 192 g/mol. The van der Waals surface area contributed by atoms with Crippen molar-refractivity contribution in [3.8, 4) is 0 Å². The third kappa shape index (κ3) is 4.75. The van der Waals surface area contributed by atoms with Crippen LogP contribution in [0.25, 0.3) is 0 Å². The van der Waals surface area contributed by atoms with Crippen LogP contribution in [0.15, 0.2) is 33.9 Å². The van der Waals surface area contributed by atoms with E-state index in [2.05, 4.69) is 22.2 Å². The molecule has 0 saturated heterocycles. The minimum Gasteiger partial charge on any atom is -0.373 e. The predicted octanol–water partition coefficient (Wildman–Crippen LogP) is 1.69. The van der Waals surface area contributed by atoms with Crippen LogP contribution in [-0.4, -0.2) is 25.7 Å². The highest BCUT2D eigenvalue weighted by molar-refractivity contribution is 6.06. The summed E-state index contributed by atoms with van der Waals surface area (Å²) in [6.07, 6.45) is 4.34. The van der Waals surface area contributed by atoms with Crippen LogP contribution in [0.3, 0.4) is 0 Å². The lowest BCUT2D eigenvalue weighted by Crippen LogP contribution is -2.09. The van der Waals surface area contributed by atoms with Gasteiger partial charge in [0.1, 0.15) is 12.1 Å². The van der Waals surface area contributed by atoms with Crippen molar-refractivity contribution in [1.82, 2.24) is 5.32 Å². The molecule has 82 valence electrons. The third-order valence-electron chi connectivity index (χ3n) is 1.62. The molecule has 0 aromatic carbocycles. The second kappa shape index (κ2) is 7.49. The van der Waals surface area contributed by atoms with Crippen LogP contribution in [0, 0.1) is 5.41 Å². The number of allylic oxidation sites excluding steroid dienone is 2. The van der Waals surface area contributed by atoms with Crippen molar-refractivity contribution in [3.63, 3.8) is 0 Å². The zero-order valence-corrected chi connectivity index (χ0v) is 9.24. The third-order valence-corrected chi connectivity index (χ3v) is 1.62. The second-order valence-corrected chi connectivity index (χ2v) is 2.57. The lowest BCUT2D eigenvalue weighted by Gasteiger charge is -2.04. The highest BCUT2D eigenvalue weighted by atomic mass is 16.6. The van der Waals surface area contributed by atoms with Gasteiger partial charge in [-0.3, -0.25) is 0 Å². The van der Waals surface area contributed by atoms with E-state index in [0.717, 1.165) is 0 Å². The Labute approximate surface area is 89.7 Å². The molecule has 0 aromatic rings. The van der Waals surface area contributed by atoms with Gasteiger partial charge >= 0.3 is 0 Å². The smallest absolute Gasteiger partial charge is 0.129 e. The zero-order chi connectivity index (χ0) is 11.7. The van der Waals surface area contributed by atoms with Gasteiger partial charge in [-0.15, -0.1) is 0 Å². The van der Waals surface area contributed by atoms with Gasteiger partial charge in [0.05, 0.1) is 5.71 Å². The van der Waals surface area contributed by atoms with E-state index >= 15 is 0 Å². The number of rotatable bonds is 6. The number of oxime groups is 1. The maximum absolute atomic E-state index is 7.66. The monoisotopic (exact) mass is 208 g/mol. The molecule has 0 aliphatic rings. The topological polar surface area (TPSA) is 69.8 Å². The summed E-state index contributed by atoms with van der Waals surface area (Å²) in [7, 11) is 1.72. The Morgan fingerprint density at radius 3 is 2.67 bits per heavy atom. The van der Waals surface area contributed by atoms with Crippen molar-refractivity contribution < 1.29 is 4.84 Å². The first-order valence-corrected chi connectivity index (χ1v) is 4.42.